The smallest absolute Gasteiger partial charge is 0.0411 e. The normalized spacial score (nSPS) is 17.1. The molecular weight excluding hydrogens is 134 g/mol. The van der Waals surface area contributed by atoms with Gasteiger partial charge in [-0.15, -0.1) is 0 Å². The topological polar surface area (TPSA) is 12.4 Å². The van der Waals surface area contributed by atoms with Crippen LogP contribution < -0.4 is 0 Å². The molecule has 0 rings (SSSR count). The molecule has 0 saturated carbocycles. The molecule has 0 fully saturated rings. The molecule has 11 heavy (non-hydrogen) atoms. The summed E-state index contributed by atoms with van der Waals surface area (Å²) < 4.78 is 0. The third kappa shape index (κ3) is 6.08. The third-order valence-electron chi connectivity index (χ3n) is 2.12. The predicted molar refractivity (Wildman–Crippen MR) is 52.3 cm³/mol. The molecule has 0 amide bonds. The highest BCUT2D eigenvalue weighted by atomic mass is 14.7. The van der Waals surface area contributed by atoms with Gasteiger partial charge in [0.2, 0.25) is 0 Å². The van der Waals surface area contributed by atoms with Gasteiger partial charge in [-0.1, -0.05) is 34.1 Å². The van der Waals surface area contributed by atoms with E-state index in [-0.39, 0.29) is 0 Å². The summed E-state index contributed by atoms with van der Waals surface area (Å²) in [7, 11) is 0. The van der Waals surface area contributed by atoms with Gasteiger partial charge in [-0.05, 0) is 18.3 Å². The van der Waals surface area contributed by atoms with E-state index in [9.17, 15) is 0 Å². The highest BCUT2D eigenvalue weighted by Gasteiger charge is 1.95. The van der Waals surface area contributed by atoms with Crippen LogP contribution in [0.1, 0.15) is 40.5 Å². The number of nitrogens with zero attached hydrogens (tertiary/aromatic N) is 1. The summed E-state index contributed by atoms with van der Waals surface area (Å²) in [6.45, 7) is 9.86. The lowest BCUT2D eigenvalue weighted by molar-refractivity contribution is 0.575. The van der Waals surface area contributed by atoms with Gasteiger partial charge in [-0.25, -0.2) is 0 Å². The summed E-state index contributed by atoms with van der Waals surface area (Å²) in [5.41, 5.74) is 0. The lowest BCUT2D eigenvalue weighted by Crippen LogP contribution is -1.99. The lowest BCUT2D eigenvalue weighted by atomic mass is 10.1. The molecule has 0 spiro atoms. The van der Waals surface area contributed by atoms with Crippen molar-refractivity contribution in [2.75, 3.05) is 6.54 Å². The van der Waals surface area contributed by atoms with Gasteiger partial charge in [0.05, 0.1) is 0 Å². The first kappa shape index (κ1) is 10.7. The van der Waals surface area contributed by atoms with Crippen molar-refractivity contribution >= 4 is 6.21 Å². The molecule has 0 aliphatic heterocycles. The summed E-state index contributed by atoms with van der Waals surface area (Å²) in [6, 6.07) is 0. The molecule has 0 bridgehead atoms. The minimum Gasteiger partial charge on any atom is -0.297 e. The molecule has 0 N–H and O–H groups in total. The molecule has 2 atom stereocenters. The van der Waals surface area contributed by atoms with Crippen LogP contribution >= 0.6 is 0 Å². The molecule has 66 valence electrons. The van der Waals surface area contributed by atoms with Crippen LogP contribution in [-0.4, -0.2) is 12.8 Å². The van der Waals surface area contributed by atoms with Crippen molar-refractivity contribution in [2.24, 2.45) is 16.8 Å². The van der Waals surface area contributed by atoms with Crippen LogP contribution in [-0.2, 0) is 0 Å². The zero-order valence-corrected chi connectivity index (χ0v) is 8.30. The summed E-state index contributed by atoms with van der Waals surface area (Å²) in [5, 5.41) is 0. The second-order valence-electron chi connectivity index (χ2n) is 3.41. The standard InChI is InChI=1S/C10H21N/c1-5-9(3)7-11-8-10(4)6-2/h7,9-10H,5-6,8H2,1-4H3/t9-,10+/m0/s1. The van der Waals surface area contributed by atoms with Crippen LogP contribution in [0, 0.1) is 11.8 Å². The Balaban J connectivity index is 3.43. The van der Waals surface area contributed by atoms with Gasteiger partial charge in [0.25, 0.3) is 0 Å². The van der Waals surface area contributed by atoms with Crippen molar-refractivity contribution in [2.45, 2.75) is 40.5 Å². The predicted octanol–water partition coefficient (Wildman–Crippen LogP) is 3.15. The van der Waals surface area contributed by atoms with Crippen molar-refractivity contribution in [3.63, 3.8) is 0 Å². The van der Waals surface area contributed by atoms with Crippen LogP contribution in [0.25, 0.3) is 0 Å². The first-order valence-electron chi connectivity index (χ1n) is 4.70. The largest absolute Gasteiger partial charge is 0.297 e. The van der Waals surface area contributed by atoms with E-state index in [4.69, 9.17) is 0 Å². The van der Waals surface area contributed by atoms with E-state index in [2.05, 4.69) is 38.9 Å². The van der Waals surface area contributed by atoms with Gasteiger partial charge in [-0.3, -0.25) is 4.99 Å². The van der Waals surface area contributed by atoms with Crippen LogP contribution in [0.3, 0.4) is 0 Å². The minimum absolute atomic E-state index is 0.652. The quantitative estimate of drug-likeness (QED) is 0.541. The SMILES string of the molecule is CC[C@@H](C)CN=C[C@@H](C)CC. The second kappa shape index (κ2) is 6.38. The molecular formula is C10H21N. The van der Waals surface area contributed by atoms with E-state index >= 15 is 0 Å². The molecule has 0 radical (unpaired) electrons. The Bertz CT molecular complexity index is 107. The lowest BCUT2D eigenvalue weighted by Gasteiger charge is -2.03. The average Bonchev–Trinajstić information content (AvgIpc) is 2.04. The van der Waals surface area contributed by atoms with Crippen LogP contribution in [0.4, 0.5) is 0 Å². The molecule has 0 aromatic rings. The second-order valence-corrected chi connectivity index (χ2v) is 3.41. The van der Waals surface area contributed by atoms with E-state index < -0.39 is 0 Å². The van der Waals surface area contributed by atoms with Crippen molar-refractivity contribution in [1.29, 1.82) is 0 Å². The van der Waals surface area contributed by atoms with Crippen molar-refractivity contribution in [1.82, 2.24) is 0 Å². The van der Waals surface area contributed by atoms with Crippen molar-refractivity contribution in [3.8, 4) is 0 Å². The van der Waals surface area contributed by atoms with E-state index in [1.54, 1.807) is 0 Å². The molecule has 0 aliphatic carbocycles. The van der Waals surface area contributed by atoms with Crippen LogP contribution in [0.2, 0.25) is 0 Å². The summed E-state index contributed by atoms with van der Waals surface area (Å²) in [5.74, 6) is 1.40. The Morgan fingerprint density at radius 3 is 2.27 bits per heavy atom. The molecule has 0 aromatic carbocycles. The molecule has 1 heteroatoms. The summed E-state index contributed by atoms with van der Waals surface area (Å²) in [6.07, 6.45) is 4.52. The first-order valence-corrected chi connectivity index (χ1v) is 4.70. The molecule has 0 heterocycles. The van der Waals surface area contributed by atoms with Crippen molar-refractivity contribution < 1.29 is 0 Å². The minimum atomic E-state index is 0.652. The Hall–Kier alpha value is -0.330. The fourth-order valence-corrected chi connectivity index (χ4v) is 0.655. The number of hydrogen-bond donors (Lipinski definition) is 0. The monoisotopic (exact) mass is 155 g/mol. The van der Waals surface area contributed by atoms with E-state index in [0.29, 0.717) is 5.92 Å². The van der Waals surface area contributed by atoms with E-state index in [1.807, 2.05) is 0 Å². The van der Waals surface area contributed by atoms with Gasteiger partial charge in [0.15, 0.2) is 0 Å². The van der Waals surface area contributed by atoms with Crippen LogP contribution in [0.5, 0.6) is 0 Å². The summed E-state index contributed by atoms with van der Waals surface area (Å²) in [4.78, 5) is 4.39. The Labute approximate surface area is 70.9 Å². The molecule has 1 nitrogen and oxygen atoms in total. The van der Waals surface area contributed by atoms with Gasteiger partial charge in [-0.2, -0.15) is 0 Å². The zero-order chi connectivity index (χ0) is 8.69. The van der Waals surface area contributed by atoms with E-state index in [0.717, 1.165) is 12.5 Å². The van der Waals surface area contributed by atoms with Crippen molar-refractivity contribution in [3.05, 3.63) is 0 Å². The maximum Gasteiger partial charge on any atom is 0.0411 e. The van der Waals surface area contributed by atoms with Crippen LogP contribution in [0.15, 0.2) is 4.99 Å². The van der Waals surface area contributed by atoms with Gasteiger partial charge in [0, 0.05) is 12.8 Å². The third-order valence-corrected chi connectivity index (χ3v) is 2.12. The molecule has 0 unspecified atom stereocenters. The number of rotatable bonds is 5. The highest BCUT2D eigenvalue weighted by Crippen LogP contribution is 2.01. The van der Waals surface area contributed by atoms with E-state index in [1.165, 1.54) is 12.8 Å². The Morgan fingerprint density at radius 2 is 1.82 bits per heavy atom. The van der Waals surface area contributed by atoms with Gasteiger partial charge < -0.3 is 0 Å². The Morgan fingerprint density at radius 1 is 1.18 bits per heavy atom. The maximum absolute atomic E-state index is 4.39. The molecule has 0 aromatic heterocycles. The highest BCUT2D eigenvalue weighted by molar-refractivity contribution is 5.59. The summed E-state index contributed by atoms with van der Waals surface area (Å²) >= 11 is 0. The number of hydrogen-bond acceptors (Lipinski definition) is 1. The fourth-order valence-electron chi connectivity index (χ4n) is 0.655. The number of aliphatic imine (C=N–C) groups is 1. The van der Waals surface area contributed by atoms with Gasteiger partial charge in [0.1, 0.15) is 0 Å². The van der Waals surface area contributed by atoms with Gasteiger partial charge >= 0.3 is 0 Å². The Kier molecular flexibility index (Phi) is 6.19. The fraction of sp³-hybridized carbons (Fsp3) is 0.900. The average molecular weight is 155 g/mol. The molecule has 0 aliphatic rings. The first-order chi connectivity index (χ1) is 5.20. The maximum atomic E-state index is 4.39. The zero-order valence-electron chi connectivity index (χ0n) is 8.30. The molecule has 0 saturated heterocycles.